The fraction of sp³-hybridized carbons (Fsp3) is 1.00. The summed E-state index contributed by atoms with van der Waals surface area (Å²) in [6.45, 7) is 11.1. The standard InChI is InChI=1S/C14H31N3O/c1-4-7-15-14(2,13-18)12-16(3)10-11-17-8-5-6-9-17/h15,18H,4-13H2,1-3H3. The predicted molar refractivity (Wildman–Crippen MR) is 77.0 cm³/mol. The Morgan fingerprint density at radius 3 is 2.56 bits per heavy atom. The quantitative estimate of drug-likeness (QED) is 0.640. The van der Waals surface area contributed by atoms with Gasteiger partial charge in [-0.1, -0.05) is 6.92 Å². The molecule has 0 aromatic heterocycles. The van der Waals surface area contributed by atoms with E-state index in [2.05, 4.69) is 36.0 Å². The van der Waals surface area contributed by atoms with E-state index in [1.165, 1.54) is 25.9 Å². The maximum atomic E-state index is 9.54. The van der Waals surface area contributed by atoms with Crippen molar-refractivity contribution < 1.29 is 5.11 Å². The summed E-state index contributed by atoms with van der Waals surface area (Å²) in [5.74, 6) is 0. The minimum absolute atomic E-state index is 0.171. The number of nitrogens with one attached hydrogen (secondary N) is 1. The Balaban J connectivity index is 2.24. The second-order valence-corrected chi connectivity index (χ2v) is 5.93. The molecule has 2 N–H and O–H groups in total. The number of hydrogen-bond acceptors (Lipinski definition) is 4. The zero-order chi connectivity index (χ0) is 13.4. The molecule has 4 heteroatoms. The lowest BCUT2D eigenvalue weighted by Gasteiger charge is -2.34. The maximum absolute atomic E-state index is 9.54. The Kier molecular flexibility index (Phi) is 7.15. The van der Waals surface area contributed by atoms with Crippen LogP contribution in [0.1, 0.15) is 33.1 Å². The van der Waals surface area contributed by atoms with Crippen LogP contribution in [-0.2, 0) is 0 Å². The summed E-state index contributed by atoms with van der Waals surface area (Å²) in [6, 6.07) is 0. The number of aliphatic hydroxyl groups excluding tert-OH is 1. The van der Waals surface area contributed by atoms with Crippen molar-refractivity contribution in [1.29, 1.82) is 0 Å². The number of hydrogen-bond donors (Lipinski definition) is 2. The molecule has 4 nitrogen and oxygen atoms in total. The number of aliphatic hydroxyl groups is 1. The van der Waals surface area contributed by atoms with Crippen LogP contribution in [-0.4, -0.2) is 73.4 Å². The van der Waals surface area contributed by atoms with Crippen LogP contribution in [0.25, 0.3) is 0 Å². The van der Waals surface area contributed by atoms with Gasteiger partial charge in [0.15, 0.2) is 0 Å². The summed E-state index contributed by atoms with van der Waals surface area (Å²) in [5, 5.41) is 13.0. The van der Waals surface area contributed by atoms with Crippen LogP contribution < -0.4 is 5.32 Å². The van der Waals surface area contributed by atoms with Crippen molar-refractivity contribution in [3.63, 3.8) is 0 Å². The van der Waals surface area contributed by atoms with Gasteiger partial charge in [-0.2, -0.15) is 0 Å². The highest BCUT2D eigenvalue weighted by Crippen LogP contribution is 2.08. The molecule has 1 aliphatic heterocycles. The molecule has 0 bridgehead atoms. The molecular formula is C14H31N3O. The van der Waals surface area contributed by atoms with Gasteiger partial charge in [0.05, 0.1) is 12.1 Å². The second-order valence-electron chi connectivity index (χ2n) is 5.93. The summed E-state index contributed by atoms with van der Waals surface area (Å²) in [7, 11) is 2.15. The third-order valence-corrected chi connectivity index (χ3v) is 3.77. The van der Waals surface area contributed by atoms with Crippen LogP contribution in [0.5, 0.6) is 0 Å². The van der Waals surface area contributed by atoms with Gasteiger partial charge in [0.25, 0.3) is 0 Å². The summed E-state index contributed by atoms with van der Waals surface area (Å²) in [5.41, 5.74) is -0.171. The lowest BCUT2D eigenvalue weighted by molar-refractivity contribution is 0.127. The normalized spacial score (nSPS) is 20.5. The molecule has 18 heavy (non-hydrogen) atoms. The minimum atomic E-state index is -0.171. The van der Waals surface area contributed by atoms with Crippen molar-refractivity contribution >= 4 is 0 Å². The molecule has 0 spiro atoms. The zero-order valence-electron chi connectivity index (χ0n) is 12.4. The molecule has 1 heterocycles. The predicted octanol–water partition coefficient (Wildman–Crippen LogP) is 0.765. The molecule has 1 aliphatic rings. The summed E-state index contributed by atoms with van der Waals surface area (Å²) < 4.78 is 0. The van der Waals surface area contributed by atoms with Gasteiger partial charge >= 0.3 is 0 Å². The Hall–Kier alpha value is -0.160. The van der Waals surface area contributed by atoms with E-state index >= 15 is 0 Å². The molecule has 1 fully saturated rings. The van der Waals surface area contributed by atoms with Crippen molar-refractivity contribution in [3.05, 3.63) is 0 Å². The van der Waals surface area contributed by atoms with Gasteiger partial charge in [-0.3, -0.25) is 0 Å². The third kappa shape index (κ3) is 5.65. The second kappa shape index (κ2) is 8.10. The molecular weight excluding hydrogens is 226 g/mol. The average Bonchev–Trinajstić information content (AvgIpc) is 2.87. The molecule has 0 aromatic rings. The first-order valence-corrected chi connectivity index (χ1v) is 7.36. The van der Waals surface area contributed by atoms with Crippen molar-refractivity contribution in [1.82, 2.24) is 15.1 Å². The lowest BCUT2D eigenvalue weighted by Crippen LogP contribution is -2.54. The topological polar surface area (TPSA) is 38.7 Å². The molecule has 1 rings (SSSR count). The van der Waals surface area contributed by atoms with E-state index < -0.39 is 0 Å². The van der Waals surface area contributed by atoms with Crippen LogP contribution in [0.4, 0.5) is 0 Å². The lowest BCUT2D eigenvalue weighted by atomic mass is 10.0. The number of rotatable bonds is 9. The molecule has 0 amide bonds. The number of likely N-dealkylation sites (tertiary alicyclic amines) is 1. The highest BCUT2D eigenvalue weighted by molar-refractivity contribution is 4.85. The van der Waals surface area contributed by atoms with E-state index in [1.807, 2.05) is 0 Å². The van der Waals surface area contributed by atoms with E-state index in [0.29, 0.717) is 0 Å². The number of nitrogens with zero attached hydrogens (tertiary/aromatic N) is 2. The Morgan fingerprint density at radius 2 is 2.00 bits per heavy atom. The summed E-state index contributed by atoms with van der Waals surface area (Å²) in [6.07, 6.45) is 3.82. The molecule has 0 radical (unpaired) electrons. The first-order valence-electron chi connectivity index (χ1n) is 7.36. The van der Waals surface area contributed by atoms with E-state index in [4.69, 9.17) is 0 Å². The Bertz CT molecular complexity index is 219. The van der Waals surface area contributed by atoms with Crippen molar-refractivity contribution in [2.45, 2.75) is 38.6 Å². The first kappa shape index (κ1) is 15.9. The maximum Gasteiger partial charge on any atom is 0.0623 e. The van der Waals surface area contributed by atoms with E-state index in [0.717, 1.165) is 32.6 Å². The van der Waals surface area contributed by atoms with Gasteiger partial charge in [0.1, 0.15) is 0 Å². The third-order valence-electron chi connectivity index (χ3n) is 3.77. The zero-order valence-corrected chi connectivity index (χ0v) is 12.4. The molecule has 108 valence electrons. The first-order chi connectivity index (χ1) is 8.59. The average molecular weight is 257 g/mol. The Labute approximate surface area is 112 Å². The fourth-order valence-electron chi connectivity index (χ4n) is 2.58. The van der Waals surface area contributed by atoms with E-state index in [9.17, 15) is 5.11 Å². The van der Waals surface area contributed by atoms with Crippen LogP contribution in [0.15, 0.2) is 0 Å². The van der Waals surface area contributed by atoms with E-state index in [1.54, 1.807) is 0 Å². The van der Waals surface area contributed by atoms with Gasteiger partial charge in [-0.15, -0.1) is 0 Å². The largest absolute Gasteiger partial charge is 0.394 e. The summed E-state index contributed by atoms with van der Waals surface area (Å²) >= 11 is 0. The minimum Gasteiger partial charge on any atom is -0.394 e. The molecule has 1 unspecified atom stereocenters. The van der Waals surface area contributed by atoms with Crippen molar-refractivity contribution in [3.8, 4) is 0 Å². The molecule has 0 saturated carbocycles. The van der Waals surface area contributed by atoms with Gasteiger partial charge < -0.3 is 20.2 Å². The fourth-order valence-corrected chi connectivity index (χ4v) is 2.58. The molecule has 1 saturated heterocycles. The number of likely N-dealkylation sites (N-methyl/N-ethyl adjacent to an activating group) is 1. The molecule has 0 aliphatic carbocycles. The van der Waals surface area contributed by atoms with E-state index in [-0.39, 0.29) is 12.1 Å². The van der Waals surface area contributed by atoms with Crippen LogP contribution in [0.3, 0.4) is 0 Å². The van der Waals surface area contributed by atoms with Crippen molar-refractivity contribution in [2.24, 2.45) is 0 Å². The van der Waals surface area contributed by atoms with Crippen molar-refractivity contribution in [2.75, 3.05) is 52.9 Å². The smallest absolute Gasteiger partial charge is 0.0623 e. The van der Waals surface area contributed by atoms with Gasteiger partial charge in [-0.25, -0.2) is 0 Å². The highest BCUT2D eigenvalue weighted by Gasteiger charge is 2.24. The van der Waals surface area contributed by atoms with Crippen LogP contribution in [0.2, 0.25) is 0 Å². The van der Waals surface area contributed by atoms with Gasteiger partial charge in [0.2, 0.25) is 0 Å². The SMILES string of the molecule is CCCNC(C)(CO)CN(C)CCN1CCCC1. The molecule has 1 atom stereocenters. The van der Waals surface area contributed by atoms with Crippen LogP contribution in [0, 0.1) is 0 Å². The Morgan fingerprint density at radius 1 is 1.33 bits per heavy atom. The van der Waals surface area contributed by atoms with Gasteiger partial charge in [-0.05, 0) is 52.9 Å². The van der Waals surface area contributed by atoms with Gasteiger partial charge in [0, 0.05) is 19.6 Å². The summed E-state index contributed by atoms with van der Waals surface area (Å²) in [4.78, 5) is 4.86. The highest BCUT2D eigenvalue weighted by atomic mass is 16.3. The monoisotopic (exact) mass is 257 g/mol. The molecule has 0 aromatic carbocycles. The van der Waals surface area contributed by atoms with Crippen LogP contribution >= 0.6 is 0 Å².